The molecule has 1 aliphatic heterocycles. The molecule has 2 aliphatic rings. The molecular formula is C14H20N4O. The molecule has 19 heavy (non-hydrogen) atoms. The first kappa shape index (κ1) is 12.4. The van der Waals surface area contributed by atoms with Crippen LogP contribution in [0.2, 0.25) is 0 Å². The van der Waals surface area contributed by atoms with Gasteiger partial charge in [0.2, 0.25) is 5.91 Å². The number of hydrogen-bond acceptors (Lipinski definition) is 4. The van der Waals surface area contributed by atoms with Gasteiger partial charge in [-0.2, -0.15) is 0 Å². The molecule has 3 atom stereocenters. The summed E-state index contributed by atoms with van der Waals surface area (Å²) in [6.45, 7) is 3.77. The summed E-state index contributed by atoms with van der Waals surface area (Å²) in [6.07, 6.45) is 8.13. The van der Waals surface area contributed by atoms with Crippen molar-refractivity contribution in [3.63, 3.8) is 0 Å². The van der Waals surface area contributed by atoms with E-state index in [2.05, 4.69) is 15.3 Å². The van der Waals surface area contributed by atoms with Gasteiger partial charge in [0.1, 0.15) is 5.82 Å². The van der Waals surface area contributed by atoms with E-state index in [0.717, 1.165) is 18.9 Å². The second kappa shape index (κ2) is 5.15. The lowest BCUT2D eigenvalue weighted by atomic mass is 9.98. The van der Waals surface area contributed by atoms with Crippen LogP contribution in [0.25, 0.3) is 0 Å². The second-order valence-electron chi connectivity index (χ2n) is 5.50. The van der Waals surface area contributed by atoms with Gasteiger partial charge in [0.15, 0.2) is 0 Å². The molecule has 1 saturated carbocycles. The number of anilines is 1. The Balaban J connectivity index is 1.65. The summed E-state index contributed by atoms with van der Waals surface area (Å²) in [4.78, 5) is 22.2. The van der Waals surface area contributed by atoms with E-state index in [4.69, 9.17) is 0 Å². The van der Waals surface area contributed by atoms with E-state index in [1.165, 1.54) is 12.8 Å². The highest BCUT2D eigenvalue weighted by atomic mass is 16.2. The largest absolute Gasteiger partial charge is 0.366 e. The fourth-order valence-electron chi connectivity index (χ4n) is 3.44. The Hall–Kier alpha value is -1.65. The number of aromatic nitrogens is 2. The van der Waals surface area contributed by atoms with E-state index < -0.39 is 0 Å². The maximum Gasteiger partial charge on any atom is 0.222 e. The Morgan fingerprint density at radius 2 is 2.32 bits per heavy atom. The van der Waals surface area contributed by atoms with Crippen LogP contribution in [0.3, 0.4) is 0 Å². The van der Waals surface area contributed by atoms with Crippen LogP contribution < -0.4 is 5.32 Å². The summed E-state index contributed by atoms with van der Waals surface area (Å²) in [5.74, 6) is 2.35. The molecule has 102 valence electrons. The molecule has 0 spiro atoms. The minimum absolute atomic E-state index is 0.285. The number of likely N-dealkylation sites (tertiary alicyclic amines) is 1. The first-order valence-corrected chi connectivity index (χ1v) is 7.08. The van der Waals surface area contributed by atoms with Crippen LogP contribution in [0.15, 0.2) is 18.6 Å². The quantitative estimate of drug-likeness (QED) is 0.895. The summed E-state index contributed by atoms with van der Waals surface area (Å²) in [7, 11) is 0. The number of carbonyl (C=O) groups is 1. The van der Waals surface area contributed by atoms with E-state index >= 15 is 0 Å². The normalized spacial score (nSPS) is 29.3. The molecule has 1 aliphatic carbocycles. The van der Waals surface area contributed by atoms with Crippen molar-refractivity contribution in [3.05, 3.63) is 18.6 Å². The monoisotopic (exact) mass is 260 g/mol. The maximum absolute atomic E-state index is 11.8. The molecular weight excluding hydrogens is 240 g/mol. The fraction of sp³-hybridized carbons (Fsp3) is 0.643. The van der Waals surface area contributed by atoms with E-state index in [-0.39, 0.29) is 5.91 Å². The Bertz CT molecular complexity index is 450. The third-order valence-corrected chi connectivity index (χ3v) is 4.41. The standard InChI is InChI=1S/C14H20N4O/c1-2-14(19)18-8-10-3-4-12(11(10)9-18)17-13-7-15-5-6-16-13/h5-7,10-12H,2-4,8-9H2,1H3,(H,16,17)/t10-,11+,12+/m0/s1. The molecule has 2 fully saturated rings. The number of hydrogen-bond donors (Lipinski definition) is 1. The summed E-state index contributed by atoms with van der Waals surface area (Å²) < 4.78 is 0. The lowest BCUT2D eigenvalue weighted by molar-refractivity contribution is -0.130. The Kier molecular flexibility index (Phi) is 3.36. The van der Waals surface area contributed by atoms with E-state index in [9.17, 15) is 4.79 Å². The number of fused-ring (bicyclic) bond motifs is 1. The predicted octanol–water partition coefficient (Wildman–Crippen LogP) is 1.54. The molecule has 5 nitrogen and oxygen atoms in total. The lowest BCUT2D eigenvalue weighted by Crippen LogP contribution is -2.32. The molecule has 1 amide bonds. The Labute approximate surface area is 113 Å². The molecule has 2 heterocycles. The summed E-state index contributed by atoms with van der Waals surface area (Å²) in [5.41, 5.74) is 0. The minimum atomic E-state index is 0.285. The highest BCUT2D eigenvalue weighted by Crippen LogP contribution is 2.39. The lowest BCUT2D eigenvalue weighted by Gasteiger charge is -2.21. The van der Waals surface area contributed by atoms with Crippen molar-refractivity contribution in [3.8, 4) is 0 Å². The van der Waals surface area contributed by atoms with Crippen molar-refractivity contribution in [1.29, 1.82) is 0 Å². The number of nitrogens with one attached hydrogen (secondary N) is 1. The van der Waals surface area contributed by atoms with Gasteiger partial charge in [0, 0.05) is 43.9 Å². The Morgan fingerprint density at radius 3 is 3.05 bits per heavy atom. The van der Waals surface area contributed by atoms with Crippen LogP contribution in [0, 0.1) is 11.8 Å². The maximum atomic E-state index is 11.8. The third kappa shape index (κ3) is 2.41. The van der Waals surface area contributed by atoms with Gasteiger partial charge in [-0.05, 0) is 18.8 Å². The van der Waals surface area contributed by atoms with Crippen molar-refractivity contribution in [2.75, 3.05) is 18.4 Å². The number of carbonyl (C=O) groups excluding carboxylic acids is 1. The van der Waals surface area contributed by atoms with Crippen LogP contribution in [-0.2, 0) is 4.79 Å². The van der Waals surface area contributed by atoms with E-state index in [1.807, 2.05) is 11.8 Å². The fourth-order valence-corrected chi connectivity index (χ4v) is 3.44. The molecule has 3 rings (SSSR count). The average molecular weight is 260 g/mol. The smallest absolute Gasteiger partial charge is 0.222 e. The van der Waals surface area contributed by atoms with Crippen molar-refractivity contribution in [1.82, 2.24) is 14.9 Å². The van der Waals surface area contributed by atoms with Crippen molar-refractivity contribution >= 4 is 11.7 Å². The summed E-state index contributed by atoms with van der Waals surface area (Å²) >= 11 is 0. The van der Waals surface area contributed by atoms with Gasteiger partial charge in [0.05, 0.1) is 6.20 Å². The first-order chi connectivity index (χ1) is 9.28. The van der Waals surface area contributed by atoms with Gasteiger partial charge in [-0.25, -0.2) is 4.98 Å². The highest BCUT2D eigenvalue weighted by molar-refractivity contribution is 5.76. The SMILES string of the molecule is CCC(=O)N1C[C@@H]2CC[C@@H](Nc3cnccn3)[C@@H]2C1. The molecule has 1 N–H and O–H groups in total. The van der Waals surface area contributed by atoms with Gasteiger partial charge in [-0.15, -0.1) is 0 Å². The molecule has 0 radical (unpaired) electrons. The Morgan fingerprint density at radius 1 is 1.42 bits per heavy atom. The predicted molar refractivity (Wildman–Crippen MR) is 72.5 cm³/mol. The summed E-state index contributed by atoms with van der Waals surface area (Å²) in [5, 5.41) is 3.48. The van der Waals surface area contributed by atoms with Crippen LogP contribution in [0.5, 0.6) is 0 Å². The topological polar surface area (TPSA) is 58.1 Å². The molecule has 1 saturated heterocycles. The van der Waals surface area contributed by atoms with Crippen LogP contribution in [0.1, 0.15) is 26.2 Å². The van der Waals surface area contributed by atoms with E-state index in [0.29, 0.717) is 24.3 Å². The molecule has 5 heteroatoms. The number of rotatable bonds is 3. The van der Waals surface area contributed by atoms with Gasteiger partial charge in [-0.1, -0.05) is 6.92 Å². The zero-order valence-corrected chi connectivity index (χ0v) is 11.2. The molecule has 0 bridgehead atoms. The number of amides is 1. The van der Waals surface area contributed by atoms with Crippen LogP contribution in [0.4, 0.5) is 5.82 Å². The zero-order valence-electron chi connectivity index (χ0n) is 11.2. The van der Waals surface area contributed by atoms with Crippen LogP contribution in [-0.4, -0.2) is 39.9 Å². The van der Waals surface area contributed by atoms with Crippen molar-refractivity contribution in [2.45, 2.75) is 32.2 Å². The zero-order chi connectivity index (χ0) is 13.2. The molecule has 0 aromatic carbocycles. The van der Waals surface area contributed by atoms with Gasteiger partial charge < -0.3 is 10.2 Å². The van der Waals surface area contributed by atoms with E-state index in [1.54, 1.807) is 18.6 Å². The molecule has 1 aromatic rings. The minimum Gasteiger partial charge on any atom is -0.366 e. The molecule has 1 aromatic heterocycles. The second-order valence-corrected chi connectivity index (χ2v) is 5.50. The first-order valence-electron chi connectivity index (χ1n) is 7.08. The number of nitrogens with zero attached hydrogens (tertiary/aromatic N) is 3. The summed E-state index contributed by atoms with van der Waals surface area (Å²) in [6, 6.07) is 0.427. The van der Waals surface area contributed by atoms with Gasteiger partial charge in [0.25, 0.3) is 0 Å². The molecule has 0 unspecified atom stereocenters. The van der Waals surface area contributed by atoms with Gasteiger partial charge in [-0.3, -0.25) is 9.78 Å². The average Bonchev–Trinajstić information content (AvgIpc) is 3.01. The van der Waals surface area contributed by atoms with Crippen molar-refractivity contribution < 1.29 is 4.79 Å². The third-order valence-electron chi connectivity index (χ3n) is 4.41. The highest BCUT2D eigenvalue weighted by Gasteiger charge is 2.43. The van der Waals surface area contributed by atoms with Crippen LogP contribution >= 0.6 is 0 Å². The van der Waals surface area contributed by atoms with Gasteiger partial charge >= 0.3 is 0 Å². The van der Waals surface area contributed by atoms with Crippen molar-refractivity contribution in [2.24, 2.45) is 11.8 Å².